The topological polar surface area (TPSA) is 59.4 Å². The minimum atomic E-state index is 0.0472. The van der Waals surface area contributed by atoms with E-state index in [2.05, 4.69) is 44.0 Å². The number of benzene rings is 2. The van der Waals surface area contributed by atoms with E-state index in [9.17, 15) is 10.1 Å². The van der Waals surface area contributed by atoms with Crippen LogP contribution in [-0.4, -0.2) is 42.0 Å². The van der Waals surface area contributed by atoms with Gasteiger partial charge in [0.1, 0.15) is 0 Å². The molecule has 3 rings (SSSR count). The number of hydrogen-bond donors (Lipinski definition) is 1. The SMILES string of the molecule is CC(C)N(C(=O)c1ccccc1N(c1cccc(C#N)c1)C1CCNCC1)C(C)C. The number of carbonyl (C=O) groups is 1. The fraction of sp³-hybridized carbons (Fsp3) is 0.440. The molecule has 0 unspecified atom stereocenters. The van der Waals surface area contributed by atoms with E-state index in [1.165, 1.54) is 0 Å². The van der Waals surface area contributed by atoms with E-state index in [0.29, 0.717) is 11.1 Å². The summed E-state index contributed by atoms with van der Waals surface area (Å²) in [5.41, 5.74) is 3.21. The molecule has 2 aromatic rings. The molecular formula is C25H32N4O. The number of piperidine rings is 1. The molecule has 2 aromatic carbocycles. The van der Waals surface area contributed by atoms with Crippen molar-refractivity contribution in [2.24, 2.45) is 0 Å². The molecule has 1 amide bonds. The minimum Gasteiger partial charge on any atom is -0.338 e. The van der Waals surface area contributed by atoms with Crippen LogP contribution in [0.25, 0.3) is 0 Å². The van der Waals surface area contributed by atoms with Crippen LogP contribution in [0.1, 0.15) is 56.5 Å². The smallest absolute Gasteiger partial charge is 0.256 e. The first kappa shape index (κ1) is 21.9. The van der Waals surface area contributed by atoms with Crippen LogP contribution in [0.15, 0.2) is 48.5 Å². The predicted octanol–water partition coefficient (Wildman–Crippen LogP) is 4.71. The minimum absolute atomic E-state index is 0.0472. The molecule has 0 aromatic heterocycles. The fourth-order valence-corrected chi connectivity index (χ4v) is 4.41. The Morgan fingerprint density at radius 1 is 1.03 bits per heavy atom. The molecular weight excluding hydrogens is 372 g/mol. The molecule has 1 aliphatic heterocycles. The first-order chi connectivity index (χ1) is 14.4. The maximum absolute atomic E-state index is 13.6. The lowest BCUT2D eigenvalue weighted by Crippen LogP contribution is -2.44. The van der Waals surface area contributed by atoms with Crippen molar-refractivity contribution in [2.45, 2.75) is 58.7 Å². The van der Waals surface area contributed by atoms with Gasteiger partial charge in [0, 0.05) is 23.8 Å². The summed E-state index contributed by atoms with van der Waals surface area (Å²) in [4.78, 5) is 17.8. The molecule has 30 heavy (non-hydrogen) atoms. The zero-order chi connectivity index (χ0) is 21.7. The summed E-state index contributed by atoms with van der Waals surface area (Å²) in [6, 6.07) is 18.3. The van der Waals surface area contributed by atoms with Crippen molar-refractivity contribution >= 4 is 17.3 Å². The second-order valence-electron chi connectivity index (χ2n) is 8.43. The number of rotatable bonds is 6. The molecule has 1 heterocycles. The summed E-state index contributed by atoms with van der Waals surface area (Å²) in [7, 11) is 0. The molecule has 0 radical (unpaired) electrons. The third-order valence-electron chi connectivity index (χ3n) is 5.67. The second-order valence-corrected chi connectivity index (χ2v) is 8.43. The summed E-state index contributed by atoms with van der Waals surface area (Å²) in [5.74, 6) is 0.0472. The van der Waals surface area contributed by atoms with Gasteiger partial charge in [-0.15, -0.1) is 0 Å². The Morgan fingerprint density at radius 3 is 2.33 bits per heavy atom. The van der Waals surface area contributed by atoms with Crippen LogP contribution >= 0.6 is 0 Å². The van der Waals surface area contributed by atoms with Gasteiger partial charge in [0.25, 0.3) is 5.91 Å². The normalized spacial score (nSPS) is 14.6. The molecule has 1 saturated heterocycles. The van der Waals surface area contributed by atoms with E-state index in [-0.39, 0.29) is 24.0 Å². The fourth-order valence-electron chi connectivity index (χ4n) is 4.41. The number of nitrogens with zero attached hydrogens (tertiary/aromatic N) is 3. The van der Waals surface area contributed by atoms with Crippen molar-refractivity contribution < 1.29 is 4.79 Å². The lowest BCUT2D eigenvalue weighted by atomic mass is 9.99. The third-order valence-corrected chi connectivity index (χ3v) is 5.67. The van der Waals surface area contributed by atoms with E-state index in [1.54, 1.807) is 0 Å². The monoisotopic (exact) mass is 404 g/mol. The summed E-state index contributed by atoms with van der Waals surface area (Å²) < 4.78 is 0. The van der Waals surface area contributed by atoms with Gasteiger partial charge in [-0.25, -0.2) is 0 Å². The highest BCUT2D eigenvalue weighted by Crippen LogP contribution is 2.35. The van der Waals surface area contributed by atoms with Crippen LogP contribution in [0, 0.1) is 11.3 Å². The van der Waals surface area contributed by atoms with Gasteiger partial charge in [-0.2, -0.15) is 5.26 Å². The average molecular weight is 405 g/mol. The van der Waals surface area contributed by atoms with Gasteiger partial charge >= 0.3 is 0 Å². The van der Waals surface area contributed by atoms with Crippen LogP contribution in [0.3, 0.4) is 0 Å². The van der Waals surface area contributed by atoms with Crippen molar-refractivity contribution in [3.05, 3.63) is 59.7 Å². The van der Waals surface area contributed by atoms with E-state index >= 15 is 0 Å². The van der Waals surface area contributed by atoms with Gasteiger partial charge in [-0.1, -0.05) is 18.2 Å². The molecule has 158 valence electrons. The van der Waals surface area contributed by atoms with Crippen LogP contribution in [-0.2, 0) is 0 Å². The Balaban J connectivity index is 2.12. The average Bonchev–Trinajstić information content (AvgIpc) is 2.74. The highest BCUT2D eigenvalue weighted by molar-refractivity contribution is 6.01. The van der Waals surface area contributed by atoms with Crippen molar-refractivity contribution in [3.8, 4) is 6.07 Å². The molecule has 0 spiro atoms. The maximum atomic E-state index is 13.6. The Kier molecular flexibility index (Phi) is 7.12. The standard InChI is InChI=1S/C25H32N4O/c1-18(2)28(19(3)4)25(30)23-10-5-6-11-24(23)29(21-12-14-27-15-13-21)22-9-7-8-20(16-22)17-26/h5-11,16,18-19,21,27H,12-15H2,1-4H3. The van der Waals surface area contributed by atoms with E-state index in [4.69, 9.17) is 0 Å². The number of amides is 1. The van der Waals surface area contributed by atoms with Crippen molar-refractivity contribution in [3.63, 3.8) is 0 Å². The number of carbonyl (C=O) groups excluding carboxylic acids is 1. The number of para-hydroxylation sites is 1. The van der Waals surface area contributed by atoms with Gasteiger partial charge in [0.15, 0.2) is 0 Å². The summed E-state index contributed by atoms with van der Waals surface area (Å²) in [6.45, 7) is 10.1. The van der Waals surface area contributed by atoms with Gasteiger partial charge in [-0.3, -0.25) is 4.79 Å². The Labute approximate surface area is 180 Å². The lowest BCUT2D eigenvalue weighted by molar-refractivity contribution is 0.0644. The molecule has 0 atom stereocenters. The van der Waals surface area contributed by atoms with Gasteiger partial charge in [0.2, 0.25) is 0 Å². The van der Waals surface area contributed by atoms with Gasteiger partial charge < -0.3 is 15.1 Å². The lowest BCUT2D eigenvalue weighted by Gasteiger charge is -2.38. The maximum Gasteiger partial charge on any atom is 0.256 e. The van der Waals surface area contributed by atoms with Crippen molar-refractivity contribution in [1.82, 2.24) is 10.2 Å². The van der Waals surface area contributed by atoms with E-state index in [1.807, 2.05) is 53.4 Å². The zero-order valence-corrected chi connectivity index (χ0v) is 18.4. The molecule has 1 fully saturated rings. The molecule has 5 heteroatoms. The quantitative estimate of drug-likeness (QED) is 0.758. The number of nitriles is 1. The first-order valence-corrected chi connectivity index (χ1v) is 10.9. The molecule has 0 aliphatic carbocycles. The molecule has 1 aliphatic rings. The summed E-state index contributed by atoms with van der Waals surface area (Å²) >= 11 is 0. The van der Waals surface area contributed by atoms with Crippen LogP contribution in [0.2, 0.25) is 0 Å². The third kappa shape index (κ3) is 4.66. The van der Waals surface area contributed by atoms with E-state index < -0.39 is 0 Å². The summed E-state index contributed by atoms with van der Waals surface area (Å²) in [5, 5.41) is 12.8. The molecule has 0 saturated carbocycles. The second kappa shape index (κ2) is 9.77. The highest BCUT2D eigenvalue weighted by Gasteiger charge is 2.29. The first-order valence-electron chi connectivity index (χ1n) is 10.9. The van der Waals surface area contributed by atoms with Gasteiger partial charge in [-0.05, 0) is 84.0 Å². The zero-order valence-electron chi connectivity index (χ0n) is 18.4. The largest absolute Gasteiger partial charge is 0.338 e. The predicted molar refractivity (Wildman–Crippen MR) is 122 cm³/mol. The van der Waals surface area contributed by atoms with E-state index in [0.717, 1.165) is 37.3 Å². The Morgan fingerprint density at radius 2 is 1.70 bits per heavy atom. The Hall–Kier alpha value is -2.84. The Bertz CT molecular complexity index is 901. The molecule has 0 bridgehead atoms. The molecule has 1 N–H and O–H groups in total. The van der Waals surface area contributed by atoms with Crippen LogP contribution in [0.4, 0.5) is 11.4 Å². The van der Waals surface area contributed by atoms with Crippen LogP contribution < -0.4 is 10.2 Å². The number of nitrogens with one attached hydrogen (secondary N) is 1. The van der Waals surface area contributed by atoms with Gasteiger partial charge in [0.05, 0.1) is 22.9 Å². The van der Waals surface area contributed by atoms with Crippen LogP contribution in [0.5, 0.6) is 0 Å². The molecule has 5 nitrogen and oxygen atoms in total. The van der Waals surface area contributed by atoms with Crippen molar-refractivity contribution in [2.75, 3.05) is 18.0 Å². The van der Waals surface area contributed by atoms with Crippen molar-refractivity contribution in [1.29, 1.82) is 5.26 Å². The number of hydrogen-bond acceptors (Lipinski definition) is 4. The number of anilines is 2. The summed E-state index contributed by atoms with van der Waals surface area (Å²) in [6.07, 6.45) is 1.97. The highest BCUT2D eigenvalue weighted by atomic mass is 16.2.